The Hall–Kier alpha value is -12.2. The lowest BCUT2D eigenvalue weighted by Crippen LogP contribution is -2.37. The first-order valence-electron chi connectivity index (χ1n) is 40.3. The fraction of sp³-hybridized carbons (Fsp3) is 0.170. The van der Waals surface area contributed by atoms with Crippen LogP contribution in [-0.2, 0) is 6.42 Å². The van der Waals surface area contributed by atoms with Crippen molar-refractivity contribution < 1.29 is 8.83 Å². The summed E-state index contributed by atoms with van der Waals surface area (Å²) in [4.78, 5) is 9.70. The average molecular weight is 1520 g/mol. The number of para-hydroxylation sites is 1. The van der Waals surface area contributed by atoms with Crippen LogP contribution in [-0.4, -0.2) is 16.1 Å². The van der Waals surface area contributed by atoms with Crippen LogP contribution in [0, 0.1) is 76.2 Å². The van der Waals surface area contributed by atoms with E-state index in [2.05, 4.69) is 408 Å². The third-order valence-electron chi connectivity index (χ3n) is 24.7. The Morgan fingerprint density at radius 3 is 0.789 bits per heavy atom. The molecule has 8 heteroatoms. The minimum absolute atomic E-state index is 0.796. The van der Waals surface area contributed by atoms with Crippen molar-refractivity contribution in [2.45, 2.75) is 122 Å². The van der Waals surface area contributed by atoms with Crippen LogP contribution in [0.3, 0.4) is 0 Å². The largest absolute Gasteiger partial charge is 0.456 e. The molecule has 0 bridgehead atoms. The van der Waals surface area contributed by atoms with Gasteiger partial charge in [-0.3, -0.25) is 0 Å². The van der Waals surface area contributed by atoms with Crippen molar-refractivity contribution in [3.63, 3.8) is 0 Å². The van der Waals surface area contributed by atoms with Crippen molar-refractivity contribution in [1.29, 1.82) is 0 Å². The highest BCUT2D eigenvalue weighted by atomic mass is 28.3. The Balaban J connectivity index is 0.655. The van der Waals surface area contributed by atoms with Crippen LogP contribution < -0.4 is 30.0 Å². The van der Waals surface area contributed by atoms with E-state index in [-0.39, 0.29) is 0 Å². The Kier molecular flexibility index (Phi) is 18.1. The van der Waals surface area contributed by atoms with Crippen LogP contribution in [0.15, 0.2) is 282 Å². The summed E-state index contributed by atoms with van der Waals surface area (Å²) in [5, 5.41) is 16.5. The lowest BCUT2D eigenvalue weighted by Gasteiger charge is -2.29. The number of nitrogens with zero attached hydrogens (tertiary/aromatic N) is 4. The summed E-state index contributed by atoms with van der Waals surface area (Å²) in [7, 11) is -3.27. The fourth-order valence-electron chi connectivity index (χ4n) is 17.4. The number of rotatable bonds is 16. The van der Waals surface area contributed by atoms with Gasteiger partial charge in [0.05, 0.1) is 16.1 Å². The predicted molar refractivity (Wildman–Crippen MR) is 497 cm³/mol. The normalized spacial score (nSPS) is 12.1. The minimum Gasteiger partial charge on any atom is -0.456 e. The van der Waals surface area contributed by atoms with E-state index in [0.29, 0.717) is 0 Å². The number of benzene rings is 16. The molecular formula is C106H98N4O2Si2. The number of aryl methyl sites for hydroxylation is 8. The molecule has 0 saturated carbocycles. The molecule has 2 aromatic heterocycles. The second kappa shape index (κ2) is 28.2. The smallest absolute Gasteiger partial charge is 0.136 e. The van der Waals surface area contributed by atoms with Gasteiger partial charge in [0.15, 0.2) is 0 Å². The molecule has 18 rings (SSSR count). The molecule has 0 spiro atoms. The van der Waals surface area contributed by atoms with Gasteiger partial charge in [-0.2, -0.15) is 0 Å². The molecule has 562 valence electrons. The van der Waals surface area contributed by atoms with E-state index in [9.17, 15) is 0 Å². The topological polar surface area (TPSA) is 39.2 Å². The first kappa shape index (κ1) is 73.3. The van der Waals surface area contributed by atoms with Crippen molar-refractivity contribution in [2.75, 3.05) is 19.6 Å². The third-order valence-corrected chi connectivity index (χ3v) is 28.8. The number of hydrogen-bond donors (Lipinski definition) is 0. The highest BCUT2D eigenvalue weighted by Gasteiger charge is 2.26. The lowest BCUT2D eigenvalue weighted by molar-refractivity contribution is 0.669. The summed E-state index contributed by atoms with van der Waals surface area (Å²) >= 11 is 0. The molecule has 2 heterocycles. The van der Waals surface area contributed by atoms with Gasteiger partial charge in [-0.15, -0.1) is 0 Å². The van der Waals surface area contributed by atoms with Gasteiger partial charge in [0, 0.05) is 89.8 Å². The van der Waals surface area contributed by atoms with E-state index in [4.69, 9.17) is 8.83 Å². The molecule has 0 aliphatic rings. The molecule has 18 aromatic rings. The maximum atomic E-state index is 6.95. The molecule has 0 aliphatic heterocycles. The predicted octanol–water partition coefficient (Wildman–Crippen LogP) is 30.1. The number of fused-ring (bicyclic) bond motifs is 10. The number of furan rings is 2. The van der Waals surface area contributed by atoms with Crippen molar-refractivity contribution in [3.05, 3.63) is 345 Å². The Bertz CT molecular complexity index is 6800. The van der Waals surface area contributed by atoms with Crippen molar-refractivity contribution in [2.24, 2.45) is 0 Å². The molecule has 0 aliphatic carbocycles. The van der Waals surface area contributed by atoms with Crippen molar-refractivity contribution in [3.8, 4) is 0 Å². The van der Waals surface area contributed by atoms with E-state index in [0.717, 1.165) is 145 Å². The highest BCUT2D eigenvalue weighted by Crippen LogP contribution is 2.47. The molecule has 0 atom stereocenters. The molecule has 0 N–H and O–H groups in total. The van der Waals surface area contributed by atoms with Gasteiger partial charge in [0.1, 0.15) is 22.3 Å². The standard InChI is InChI=1S/C106H98N4O2Si2/c1-64-41-92(42-65(2)72(64)9)109(93-43-66(3)73(10)67(4)44-93)90-39-33-78-56-101-102-57-79-34-40-91(53-83(79)61-106(102)112-105(101)60-82(78)52-90)110(94-45-68(5)74(11)69(6)46-94)95-47-70(7)98(71(8)48-95)49-75-29-35-85(36-30-75)108(87-26-22-28-97(63-87)114(15,16)17)89-38-32-77-55-100-99-54-76-31-37-88(50-80(76)58-103(99)111-104(100)59-81(77)51-89)107(84-23-19-18-20-24-84)86-25-21-27-96(62-86)113(12,13)14/h18-48,50-63H,49H2,1-17H3. The lowest BCUT2D eigenvalue weighted by atomic mass is 9.94. The summed E-state index contributed by atoms with van der Waals surface area (Å²) in [6.07, 6.45) is 0.796. The van der Waals surface area contributed by atoms with Gasteiger partial charge < -0.3 is 28.4 Å². The van der Waals surface area contributed by atoms with E-state index >= 15 is 0 Å². The zero-order chi connectivity index (χ0) is 79.1. The summed E-state index contributed by atoms with van der Waals surface area (Å²) in [6, 6.07) is 103. The van der Waals surface area contributed by atoms with E-state index in [1.54, 1.807) is 0 Å². The van der Waals surface area contributed by atoms with Gasteiger partial charge >= 0.3 is 0 Å². The maximum Gasteiger partial charge on any atom is 0.136 e. The van der Waals surface area contributed by atoms with E-state index in [1.165, 1.54) is 98.9 Å². The van der Waals surface area contributed by atoms with Crippen molar-refractivity contribution in [1.82, 2.24) is 0 Å². The second-order valence-electron chi connectivity index (χ2n) is 34.5. The van der Waals surface area contributed by atoms with Crippen LogP contribution in [0.4, 0.5) is 68.2 Å². The molecule has 114 heavy (non-hydrogen) atoms. The number of anilines is 12. The molecule has 0 amide bonds. The minimum atomic E-state index is -1.69. The first-order chi connectivity index (χ1) is 54.7. The Morgan fingerprint density at radius 2 is 0.482 bits per heavy atom. The third kappa shape index (κ3) is 13.4. The van der Waals surface area contributed by atoms with Gasteiger partial charge in [0.25, 0.3) is 0 Å². The van der Waals surface area contributed by atoms with Crippen LogP contribution in [0.1, 0.15) is 72.3 Å². The monoisotopic (exact) mass is 1510 g/mol. The van der Waals surface area contributed by atoms with Gasteiger partial charge in [-0.1, -0.05) is 129 Å². The average Bonchev–Trinajstić information content (AvgIpc) is 1.61. The molecule has 6 nitrogen and oxygen atoms in total. The van der Waals surface area contributed by atoms with Crippen LogP contribution in [0.5, 0.6) is 0 Å². The zero-order valence-corrected chi connectivity index (χ0v) is 70.8. The second-order valence-corrected chi connectivity index (χ2v) is 44.7. The molecule has 0 fully saturated rings. The fourth-order valence-corrected chi connectivity index (χ4v) is 19.7. The molecular weight excluding hydrogens is 1420 g/mol. The van der Waals surface area contributed by atoms with E-state index < -0.39 is 16.1 Å². The Morgan fingerprint density at radius 1 is 0.219 bits per heavy atom. The highest BCUT2D eigenvalue weighted by molar-refractivity contribution is 6.89. The van der Waals surface area contributed by atoms with Gasteiger partial charge in [-0.25, -0.2) is 0 Å². The number of hydrogen-bond acceptors (Lipinski definition) is 6. The van der Waals surface area contributed by atoms with Crippen LogP contribution >= 0.6 is 0 Å². The van der Waals surface area contributed by atoms with Crippen molar-refractivity contribution >= 4 is 182 Å². The Labute approximate surface area is 672 Å². The van der Waals surface area contributed by atoms with Crippen LogP contribution in [0.2, 0.25) is 39.3 Å². The zero-order valence-electron chi connectivity index (χ0n) is 68.8. The van der Waals surface area contributed by atoms with Gasteiger partial charge in [-0.05, 0) is 392 Å². The molecule has 0 unspecified atom stereocenters. The molecule has 0 radical (unpaired) electrons. The summed E-state index contributed by atoms with van der Waals surface area (Å²) in [5.74, 6) is 0. The quantitative estimate of drug-likeness (QED) is 0.0898. The SMILES string of the molecule is Cc1cc(N(c2cc(C)c(C)c(C)c2)c2ccc3cc4c(cc3c2)oc2cc3cc(N(c5cc(C)c(C)c(C)c5)c5cc(C)c(Cc6ccc(N(c7cccc([Si](C)(C)C)c7)c7ccc8cc9c(cc8c7)oc7cc8cc(N(c%10ccccc%10)c%10cccc([Si](C)(C)C)c%10)ccc8cc79)cc6)c(C)c5)ccc3cc24)cc(C)c1C. The van der Waals surface area contributed by atoms with Crippen LogP contribution in [0.25, 0.3) is 87.0 Å². The first-order valence-corrected chi connectivity index (χ1v) is 47.3. The molecule has 0 saturated heterocycles. The summed E-state index contributed by atoms with van der Waals surface area (Å²) in [6.45, 7) is 39.2. The summed E-state index contributed by atoms with van der Waals surface area (Å²) < 4.78 is 13.9. The summed E-state index contributed by atoms with van der Waals surface area (Å²) in [5.41, 5.74) is 33.8. The molecule has 16 aromatic carbocycles. The maximum absolute atomic E-state index is 6.95. The van der Waals surface area contributed by atoms with E-state index in [1.807, 2.05) is 0 Å². The van der Waals surface area contributed by atoms with Gasteiger partial charge in [0.2, 0.25) is 0 Å².